The molecule has 0 unspecified atom stereocenters. The van der Waals surface area contributed by atoms with E-state index in [1.54, 1.807) is 0 Å². The molecule has 0 atom stereocenters. The van der Waals surface area contributed by atoms with Crippen molar-refractivity contribution < 1.29 is 27.9 Å². The van der Waals surface area contributed by atoms with Gasteiger partial charge in [-0.15, -0.1) is 0 Å². The minimum absolute atomic E-state index is 0.173. The van der Waals surface area contributed by atoms with Gasteiger partial charge in [-0.05, 0) is 42.5 Å². The molecule has 30 heavy (non-hydrogen) atoms. The molecule has 2 aromatic rings. The minimum Gasteiger partial charge on any atom is -0.494 e. The fourth-order valence-electron chi connectivity index (χ4n) is 3.31. The number of benzene rings is 2. The topological polar surface area (TPSA) is 93.1 Å². The molecule has 0 aromatic heterocycles. The summed E-state index contributed by atoms with van der Waals surface area (Å²) >= 11 is 0. The highest BCUT2D eigenvalue weighted by Gasteiger charge is 2.28. The van der Waals surface area contributed by atoms with E-state index in [0.29, 0.717) is 36.9 Å². The van der Waals surface area contributed by atoms with Gasteiger partial charge in [0.05, 0.1) is 12.4 Å². The van der Waals surface area contributed by atoms with E-state index in [9.17, 15) is 18.4 Å². The third kappa shape index (κ3) is 6.55. The Morgan fingerprint density at radius 3 is 2.33 bits per heavy atom. The second kappa shape index (κ2) is 10.6. The Morgan fingerprint density at radius 2 is 1.67 bits per heavy atom. The molecule has 0 radical (unpaired) electrons. The molecule has 7 nitrogen and oxygen atoms in total. The first-order chi connectivity index (χ1) is 14.4. The van der Waals surface area contributed by atoms with E-state index in [0.717, 1.165) is 11.1 Å². The molecular weight excluding hydrogens is 406 g/mol. The second-order valence-electron chi connectivity index (χ2n) is 7.29. The number of nitrogens with zero attached hydrogens (tertiary/aromatic N) is 1. The molecule has 1 amide bonds. The van der Waals surface area contributed by atoms with Crippen molar-refractivity contribution in [3.63, 3.8) is 0 Å². The van der Waals surface area contributed by atoms with E-state index in [1.165, 1.54) is 0 Å². The third-order valence-corrected chi connectivity index (χ3v) is 6.52. The molecule has 1 heterocycles. The van der Waals surface area contributed by atoms with E-state index in [-0.39, 0.29) is 24.7 Å². The van der Waals surface area contributed by atoms with Crippen molar-refractivity contribution in [2.45, 2.75) is 19.3 Å². The number of amides is 1. The average Bonchev–Trinajstić information content (AvgIpc) is 2.77. The molecule has 1 aliphatic heterocycles. The van der Waals surface area contributed by atoms with Gasteiger partial charge in [0.25, 0.3) is 0 Å². The molecule has 1 N–H and O–H groups in total. The monoisotopic (exact) mass is 433 g/mol. The Hall–Kier alpha value is -2.42. The Labute approximate surface area is 177 Å². The first-order valence-electron chi connectivity index (χ1n) is 10.0. The Kier molecular flexibility index (Phi) is 7.84. The van der Waals surface area contributed by atoms with Crippen molar-refractivity contribution >= 4 is 15.7 Å². The maximum absolute atomic E-state index is 12.2. The second-order valence-corrected chi connectivity index (χ2v) is 9.45. The predicted octanol–water partition coefficient (Wildman–Crippen LogP) is 3.14. The van der Waals surface area contributed by atoms with E-state index in [1.807, 2.05) is 54.6 Å². The van der Waals surface area contributed by atoms with Crippen LogP contribution in [-0.4, -0.2) is 56.0 Å². The number of hydrogen-bond donors (Lipinski definition) is 1. The SMILES string of the molecule is O=C(C1CCOCC1)N(O)CS(=O)(=O)CCCOc1ccc(-c2ccccc2)cc1. The first-order valence-corrected chi connectivity index (χ1v) is 11.8. The molecule has 3 rings (SSSR count). The highest BCUT2D eigenvalue weighted by atomic mass is 32.2. The van der Waals surface area contributed by atoms with Gasteiger partial charge in [-0.3, -0.25) is 10.0 Å². The van der Waals surface area contributed by atoms with Crippen LogP contribution in [0.5, 0.6) is 5.75 Å². The van der Waals surface area contributed by atoms with Gasteiger partial charge in [-0.2, -0.15) is 0 Å². The Balaban J connectivity index is 1.41. The zero-order valence-corrected chi connectivity index (χ0v) is 17.6. The molecule has 162 valence electrons. The number of hydroxylamine groups is 2. The number of ether oxygens (including phenoxy) is 2. The largest absolute Gasteiger partial charge is 0.494 e. The van der Waals surface area contributed by atoms with Gasteiger partial charge in [-0.25, -0.2) is 13.5 Å². The third-order valence-electron chi connectivity index (χ3n) is 4.97. The Morgan fingerprint density at radius 1 is 1.03 bits per heavy atom. The van der Waals surface area contributed by atoms with Crippen LogP contribution in [0.1, 0.15) is 19.3 Å². The number of sulfone groups is 1. The molecule has 1 aliphatic rings. The van der Waals surface area contributed by atoms with E-state index in [4.69, 9.17) is 9.47 Å². The van der Waals surface area contributed by atoms with Gasteiger partial charge in [0.15, 0.2) is 9.84 Å². The number of carbonyl (C=O) groups is 1. The summed E-state index contributed by atoms with van der Waals surface area (Å²) in [5.41, 5.74) is 2.18. The molecule has 1 fully saturated rings. The highest BCUT2D eigenvalue weighted by molar-refractivity contribution is 7.91. The van der Waals surface area contributed by atoms with E-state index >= 15 is 0 Å². The molecule has 0 bridgehead atoms. The standard InChI is InChI=1S/C22H27NO6S/c24-22(20-11-14-28-15-12-20)23(25)17-30(26,27)16-4-13-29-21-9-7-19(8-10-21)18-5-2-1-3-6-18/h1-3,5-10,20,25H,4,11-17H2. The molecule has 0 saturated carbocycles. The van der Waals surface area contributed by atoms with Crippen LogP contribution in [0.4, 0.5) is 0 Å². The van der Waals surface area contributed by atoms with Crippen molar-refractivity contribution in [3.05, 3.63) is 54.6 Å². The fraction of sp³-hybridized carbons (Fsp3) is 0.409. The van der Waals surface area contributed by atoms with Crippen molar-refractivity contribution in [1.29, 1.82) is 0 Å². The van der Waals surface area contributed by atoms with Crippen LogP contribution in [0.2, 0.25) is 0 Å². The maximum Gasteiger partial charge on any atom is 0.250 e. The Bertz CT molecular complexity index is 908. The summed E-state index contributed by atoms with van der Waals surface area (Å²) in [7, 11) is -3.62. The van der Waals surface area contributed by atoms with Crippen LogP contribution in [0.15, 0.2) is 54.6 Å². The average molecular weight is 434 g/mol. The lowest BCUT2D eigenvalue weighted by molar-refractivity contribution is -0.169. The van der Waals surface area contributed by atoms with Gasteiger partial charge in [0.2, 0.25) is 5.91 Å². The maximum atomic E-state index is 12.2. The van der Waals surface area contributed by atoms with Crippen LogP contribution < -0.4 is 4.74 Å². The van der Waals surface area contributed by atoms with Crippen LogP contribution in [0, 0.1) is 5.92 Å². The van der Waals surface area contributed by atoms with Crippen LogP contribution >= 0.6 is 0 Å². The van der Waals surface area contributed by atoms with Gasteiger partial charge in [0, 0.05) is 19.1 Å². The zero-order chi connectivity index (χ0) is 21.4. The summed E-state index contributed by atoms with van der Waals surface area (Å²) in [6.07, 6.45) is 1.25. The van der Waals surface area contributed by atoms with Gasteiger partial charge in [0.1, 0.15) is 11.6 Å². The molecule has 2 aromatic carbocycles. The van der Waals surface area contributed by atoms with Crippen LogP contribution in [0.25, 0.3) is 11.1 Å². The number of rotatable bonds is 9. The lowest BCUT2D eigenvalue weighted by atomic mass is 10.00. The van der Waals surface area contributed by atoms with Gasteiger partial charge >= 0.3 is 0 Å². The van der Waals surface area contributed by atoms with Crippen molar-refractivity contribution in [1.82, 2.24) is 5.06 Å². The number of hydrogen-bond acceptors (Lipinski definition) is 6. The van der Waals surface area contributed by atoms with Crippen LogP contribution in [-0.2, 0) is 19.4 Å². The fourth-order valence-corrected chi connectivity index (χ4v) is 4.50. The lowest BCUT2D eigenvalue weighted by Gasteiger charge is -2.24. The summed E-state index contributed by atoms with van der Waals surface area (Å²) in [5, 5.41) is 10.2. The molecule has 0 aliphatic carbocycles. The summed E-state index contributed by atoms with van der Waals surface area (Å²) in [6, 6.07) is 17.6. The number of carbonyl (C=O) groups excluding carboxylic acids is 1. The van der Waals surface area contributed by atoms with Gasteiger partial charge < -0.3 is 9.47 Å². The highest BCUT2D eigenvalue weighted by Crippen LogP contribution is 2.22. The summed E-state index contributed by atoms with van der Waals surface area (Å²) in [6.45, 7) is 1.12. The quantitative estimate of drug-likeness (QED) is 0.371. The van der Waals surface area contributed by atoms with Crippen LogP contribution in [0.3, 0.4) is 0 Å². The lowest BCUT2D eigenvalue weighted by Crippen LogP contribution is -2.39. The predicted molar refractivity (Wildman–Crippen MR) is 113 cm³/mol. The summed E-state index contributed by atoms with van der Waals surface area (Å²) in [5.74, 6) is -1.16. The minimum atomic E-state index is -3.62. The summed E-state index contributed by atoms with van der Waals surface area (Å²) in [4.78, 5) is 12.2. The first kappa shape index (κ1) is 22.3. The molecule has 0 spiro atoms. The molecular formula is C22H27NO6S. The van der Waals surface area contributed by atoms with Gasteiger partial charge in [-0.1, -0.05) is 42.5 Å². The zero-order valence-electron chi connectivity index (χ0n) is 16.8. The molecule has 8 heteroatoms. The normalized spacial score (nSPS) is 15.0. The van der Waals surface area contributed by atoms with Crippen molar-refractivity contribution in [2.75, 3.05) is 31.5 Å². The smallest absolute Gasteiger partial charge is 0.250 e. The molecule has 1 saturated heterocycles. The van der Waals surface area contributed by atoms with Crippen molar-refractivity contribution in [2.24, 2.45) is 5.92 Å². The van der Waals surface area contributed by atoms with Crippen molar-refractivity contribution in [3.8, 4) is 16.9 Å². The van der Waals surface area contributed by atoms with E-state index in [2.05, 4.69) is 0 Å². The van der Waals surface area contributed by atoms with E-state index < -0.39 is 21.6 Å². The summed E-state index contributed by atoms with van der Waals surface area (Å²) < 4.78 is 35.2.